The number of carbonyl (C=O) groups is 1. The standard InChI is InChI=1S/C11H23N3O2/c1-8(6-11(3,13)10(12)15)14-4-5-16-7-9(14)2/h8-9H,4-7,13H2,1-3H3,(H2,12,15). The minimum atomic E-state index is -0.933. The van der Waals surface area contributed by atoms with E-state index in [1.807, 2.05) is 0 Å². The molecule has 5 nitrogen and oxygen atoms in total. The number of amides is 1. The Balaban J connectivity index is 2.57. The lowest BCUT2D eigenvalue weighted by Gasteiger charge is -2.40. The van der Waals surface area contributed by atoms with E-state index >= 15 is 0 Å². The highest BCUT2D eigenvalue weighted by molar-refractivity contribution is 5.83. The molecule has 1 heterocycles. The van der Waals surface area contributed by atoms with E-state index in [-0.39, 0.29) is 6.04 Å². The third-order valence-electron chi connectivity index (χ3n) is 3.27. The SMILES string of the molecule is CC1COCCN1C(C)CC(C)(N)C(N)=O. The predicted molar refractivity (Wildman–Crippen MR) is 62.9 cm³/mol. The smallest absolute Gasteiger partial charge is 0.237 e. The van der Waals surface area contributed by atoms with E-state index in [1.165, 1.54) is 0 Å². The van der Waals surface area contributed by atoms with Crippen molar-refractivity contribution in [3.8, 4) is 0 Å². The van der Waals surface area contributed by atoms with Gasteiger partial charge in [0, 0.05) is 18.6 Å². The maximum absolute atomic E-state index is 11.2. The van der Waals surface area contributed by atoms with Crippen molar-refractivity contribution < 1.29 is 9.53 Å². The largest absolute Gasteiger partial charge is 0.379 e. The van der Waals surface area contributed by atoms with Gasteiger partial charge in [0.1, 0.15) is 0 Å². The zero-order valence-electron chi connectivity index (χ0n) is 10.4. The van der Waals surface area contributed by atoms with Gasteiger partial charge in [0.25, 0.3) is 0 Å². The van der Waals surface area contributed by atoms with Crippen molar-refractivity contribution in [2.45, 2.75) is 44.8 Å². The summed E-state index contributed by atoms with van der Waals surface area (Å²) in [5, 5.41) is 0. The summed E-state index contributed by atoms with van der Waals surface area (Å²) >= 11 is 0. The summed E-state index contributed by atoms with van der Waals surface area (Å²) in [6.45, 7) is 8.26. The third kappa shape index (κ3) is 3.17. The molecule has 0 saturated carbocycles. The number of hydrogen-bond acceptors (Lipinski definition) is 4. The summed E-state index contributed by atoms with van der Waals surface area (Å²) in [6.07, 6.45) is 0.576. The normalized spacial score (nSPS) is 28.4. The van der Waals surface area contributed by atoms with Gasteiger partial charge in [-0.05, 0) is 27.2 Å². The van der Waals surface area contributed by atoms with Crippen molar-refractivity contribution in [1.29, 1.82) is 0 Å². The Morgan fingerprint density at radius 1 is 1.69 bits per heavy atom. The minimum absolute atomic E-state index is 0.237. The number of nitrogens with two attached hydrogens (primary N) is 2. The number of hydrogen-bond donors (Lipinski definition) is 2. The van der Waals surface area contributed by atoms with Crippen LogP contribution in [0.1, 0.15) is 27.2 Å². The van der Waals surface area contributed by atoms with Crippen LogP contribution in [0.4, 0.5) is 0 Å². The quantitative estimate of drug-likeness (QED) is 0.693. The van der Waals surface area contributed by atoms with Crippen LogP contribution in [0.15, 0.2) is 0 Å². The second kappa shape index (κ2) is 5.12. The Bertz CT molecular complexity index is 256. The number of primary amides is 1. The Labute approximate surface area is 97.1 Å². The number of ether oxygens (including phenoxy) is 1. The van der Waals surface area contributed by atoms with E-state index in [2.05, 4.69) is 18.7 Å². The van der Waals surface area contributed by atoms with Crippen LogP contribution < -0.4 is 11.5 Å². The van der Waals surface area contributed by atoms with Crippen LogP contribution in [-0.4, -0.2) is 48.2 Å². The molecule has 0 aromatic carbocycles. The van der Waals surface area contributed by atoms with Crippen molar-refractivity contribution in [3.63, 3.8) is 0 Å². The number of morpholine rings is 1. The molecular formula is C11H23N3O2. The highest BCUT2D eigenvalue weighted by Gasteiger charge is 2.32. The maximum atomic E-state index is 11.2. The van der Waals surface area contributed by atoms with Gasteiger partial charge in [-0.3, -0.25) is 9.69 Å². The number of nitrogens with zero attached hydrogens (tertiary/aromatic N) is 1. The molecule has 94 valence electrons. The average Bonchev–Trinajstić information content (AvgIpc) is 2.17. The molecule has 0 bridgehead atoms. The predicted octanol–water partition coefficient (Wildman–Crippen LogP) is -0.312. The molecule has 0 spiro atoms. The van der Waals surface area contributed by atoms with Gasteiger partial charge in [-0.25, -0.2) is 0 Å². The first-order chi connectivity index (χ1) is 7.34. The summed E-state index contributed by atoms with van der Waals surface area (Å²) in [7, 11) is 0. The van der Waals surface area contributed by atoms with Gasteiger partial charge < -0.3 is 16.2 Å². The highest BCUT2D eigenvalue weighted by Crippen LogP contribution is 2.18. The highest BCUT2D eigenvalue weighted by atomic mass is 16.5. The molecule has 1 fully saturated rings. The monoisotopic (exact) mass is 229 g/mol. The van der Waals surface area contributed by atoms with Gasteiger partial charge in [0.2, 0.25) is 5.91 Å². The molecule has 1 aliphatic heterocycles. The van der Waals surface area contributed by atoms with Gasteiger partial charge in [0.15, 0.2) is 0 Å². The molecule has 1 amide bonds. The molecular weight excluding hydrogens is 206 g/mol. The van der Waals surface area contributed by atoms with Crippen molar-refractivity contribution >= 4 is 5.91 Å². The van der Waals surface area contributed by atoms with Crippen LogP contribution >= 0.6 is 0 Å². The van der Waals surface area contributed by atoms with E-state index in [4.69, 9.17) is 16.2 Å². The second-order valence-electron chi connectivity index (χ2n) is 5.00. The van der Waals surface area contributed by atoms with E-state index < -0.39 is 11.4 Å². The Kier molecular flexibility index (Phi) is 4.29. The van der Waals surface area contributed by atoms with E-state index in [9.17, 15) is 4.79 Å². The fourth-order valence-electron chi connectivity index (χ4n) is 2.23. The number of carbonyl (C=O) groups excluding carboxylic acids is 1. The van der Waals surface area contributed by atoms with Gasteiger partial charge in [0.05, 0.1) is 18.8 Å². The topological polar surface area (TPSA) is 81.6 Å². The van der Waals surface area contributed by atoms with Crippen LogP contribution in [0.5, 0.6) is 0 Å². The van der Waals surface area contributed by atoms with Crippen LogP contribution in [-0.2, 0) is 9.53 Å². The van der Waals surface area contributed by atoms with Gasteiger partial charge in [-0.1, -0.05) is 0 Å². The molecule has 16 heavy (non-hydrogen) atoms. The van der Waals surface area contributed by atoms with Crippen LogP contribution in [0.2, 0.25) is 0 Å². The zero-order chi connectivity index (χ0) is 12.3. The Morgan fingerprint density at radius 3 is 2.81 bits per heavy atom. The van der Waals surface area contributed by atoms with Crippen molar-refractivity contribution in [3.05, 3.63) is 0 Å². The molecule has 3 unspecified atom stereocenters. The minimum Gasteiger partial charge on any atom is -0.379 e. The third-order valence-corrected chi connectivity index (χ3v) is 3.27. The summed E-state index contributed by atoms with van der Waals surface area (Å²) in [6, 6.07) is 0.605. The van der Waals surface area contributed by atoms with Crippen molar-refractivity contribution in [2.24, 2.45) is 11.5 Å². The summed E-state index contributed by atoms with van der Waals surface area (Å²) < 4.78 is 5.38. The fraction of sp³-hybridized carbons (Fsp3) is 0.909. The van der Waals surface area contributed by atoms with E-state index in [0.717, 1.165) is 19.8 Å². The van der Waals surface area contributed by atoms with E-state index in [0.29, 0.717) is 12.5 Å². The lowest BCUT2D eigenvalue weighted by Crippen LogP contribution is -2.56. The first-order valence-electron chi connectivity index (χ1n) is 5.77. The molecule has 4 N–H and O–H groups in total. The van der Waals surface area contributed by atoms with Crippen LogP contribution in [0.25, 0.3) is 0 Å². The molecule has 5 heteroatoms. The molecule has 1 rings (SSSR count). The average molecular weight is 229 g/mol. The van der Waals surface area contributed by atoms with Crippen LogP contribution in [0.3, 0.4) is 0 Å². The Hall–Kier alpha value is -0.650. The summed E-state index contributed by atoms with van der Waals surface area (Å²) in [5.74, 6) is -0.444. The lowest BCUT2D eigenvalue weighted by atomic mass is 9.92. The maximum Gasteiger partial charge on any atom is 0.237 e. The van der Waals surface area contributed by atoms with Crippen LogP contribution in [0, 0.1) is 0 Å². The summed E-state index contributed by atoms with van der Waals surface area (Å²) in [4.78, 5) is 13.5. The molecule has 0 aromatic rings. The lowest BCUT2D eigenvalue weighted by molar-refractivity contribution is -0.123. The first kappa shape index (κ1) is 13.4. The summed E-state index contributed by atoms with van der Waals surface area (Å²) in [5.41, 5.74) is 10.2. The molecule has 0 aromatic heterocycles. The number of rotatable bonds is 4. The molecule has 0 aliphatic carbocycles. The van der Waals surface area contributed by atoms with E-state index in [1.54, 1.807) is 6.92 Å². The molecule has 0 radical (unpaired) electrons. The second-order valence-corrected chi connectivity index (χ2v) is 5.00. The molecule has 3 atom stereocenters. The zero-order valence-corrected chi connectivity index (χ0v) is 10.4. The molecule has 1 aliphatic rings. The first-order valence-corrected chi connectivity index (χ1v) is 5.77. The van der Waals surface area contributed by atoms with Gasteiger partial charge in [-0.2, -0.15) is 0 Å². The van der Waals surface area contributed by atoms with Gasteiger partial charge in [-0.15, -0.1) is 0 Å². The van der Waals surface area contributed by atoms with Gasteiger partial charge >= 0.3 is 0 Å². The fourth-order valence-corrected chi connectivity index (χ4v) is 2.23. The Morgan fingerprint density at radius 2 is 2.31 bits per heavy atom. The van der Waals surface area contributed by atoms with Crippen molar-refractivity contribution in [2.75, 3.05) is 19.8 Å². The molecule has 1 saturated heterocycles. The van der Waals surface area contributed by atoms with Crippen molar-refractivity contribution in [1.82, 2.24) is 4.90 Å².